The summed E-state index contributed by atoms with van der Waals surface area (Å²) in [5, 5.41) is 17.7. The molecule has 0 unspecified atom stereocenters. The molecule has 2 N–H and O–H groups in total. The van der Waals surface area contributed by atoms with E-state index in [0.29, 0.717) is 6.42 Å². The smallest absolute Gasteiger partial charge is 0.151 e. The number of unbranched alkanes of at least 4 members (excludes halogenated alkanes) is 33. The third-order valence-electron chi connectivity index (χ3n) is 8.82. The Morgan fingerprint density at radius 1 is 0.256 bits per heavy atom. The first-order chi connectivity index (χ1) is 19.3. The number of hydrogen-bond acceptors (Lipinski definition) is 2. The second kappa shape index (κ2) is 35.9. The topological polar surface area (TPSA) is 40.5 Å². The minimum absolute atomic E-state index is 0.541. The molecule has 39 heavy (non-hydrogen) atoms. The van der Waals surface area contributed by atoms with E-state index in [2.05, 4.69) is 6.92 Å². The fourth-order valence-corrected chi connectivity index (χ4v) is 6.06. The van der Waals surface area contributed by atoms with Crippen LogP contribution in [0, 0.1) is 0 Å². The van der Waals surface area contributed by atoms with Gasteiger partial charge in [-0.05, 0) is 12.8 Å². The fraction of sp³-hybridized carbons (Fsp3) is 1.00. The van der Waals surface area contributed by atoms with Gasteiger partial charge in [-0.25, -0.2) is 0 Å². The van der Waals surface area contributed by atoms with Gasteiger partial charge in [0.25, 0.3) is 0 Å². The second-order valence-electron chi connectivity index (χ2n) is 12.9. The van der Waals surface area contributed by atoms with Crippen LogP contribution in [-0.2, 0) is 0 Å². The van der Waals surface area contributed by atoms with Gasteiger partial charge in [0.15, 0.2) is 6.29 Å². The lowest BCUT2D eigenvalue weighted by atomic mass is 10.0. The molecule has 0 aliphatic rings. The molecule has 0 aromatic carbocycles. The molecular formula is C37H76O2. The van der Waals surface area contributed by atoms with Crippen molar-refractivity contribution in [2.75, 3.05) is 0 Å². The maximum Gasteiger partial charge on any atom is 0.151 e. The van der Waals surface area contributed by atoms with Gasteiger partial charge >= 0.3 is 0 Å². The van der Waals surface area contributed by atoms with Crippen LogP contribution in [0.1, 0.15) is 232 Å². The van der Waals surface area contributed by atoms with Crippen molar-refractivity contribution < 1.29 is 10.2 Å². The van der Waals surface area contributed by atoms with Gasteiger partial charge in [0, 0.05) is 0 Å². The molecule has 0 aromatic rings. The van der Waals surface area contributed by atoms with E-state index in [-0.39, 0.29) is 0 Å². The maximum atomic E-state index is 8.83. The van der Waals surface area contributed by atoms with Gasteiger partial charge in [0.1, 0.15) is 0 Å². The molecule has 0 radical (unpaired) electrons. The van der Waals surface area contributed by atoms with Crippen LogP contribution in [0.25, 0.3) is 0 Å². The van der Waals surface area contributed by atoms with Crippen LogP contribution < -0.4 is 0 Å². The molecule has 0 saturated heterocycles. The van der Waals surface area contributed by atoms with Crippen molar-refractivity contribution in [1.82, 2.24) is 0 Å². The quantitative estimate of drug-likeness (QED) is 0.0606. The van der Waals surface area contributed by atoms with Crippen molar-refractivity contribution in [3.8, 4) is 0 Å². The Bertz CT molecular complexity index is 408. The van der Waals surface area contributed by atoms with Crippen LogP contribution in [0.3, 0.4) is 0 Å². The second-order valence-corrected chi connectivity index (χ2v) is 12.9. The molecule has 2 heteroatoms. The highest BCUT2D eigenvalue weighted by molar-refractivity contribution is 4.53. The van der Waals surface area contributed by atoms with Crippen LogP contribution in [0.15, 0.2) is 0 Å². The first-order valence-electron chi connectivity index (χ1n) is 18.6. The molecule has 0 bridgehead atoms. The highest BCUT2D eigenvalue weighted by atomic mass is 16.5. The first kappa shape index (κ1) is 38.9. The van der Waals surface area contributed by atoms with E-state index in [1.165, 1.54) is 205 Å². The highest BCUT2D eigenvalue weighted by Gasteiger charge is 1.98. The van der Waals surface area contributed by atoms with E-state index in [1.807, 2.05) is 0 Å². The van der Waals surface area contributed by atoms with Gasteiger partial charge in [-0.3, -0.25) is 0 Å². The van der Waals surface area contributed by atoms with Crippen LogP contribution >= 0.6 is 0 Å². The number of hydrogen-bond donors (Lipinski definition) is 2. The third-order valence-corrected chi connectivity index (χ3v) is 8.82. The zero-order valence-corrected chi connectivity index (χ0v) is 27.2. The highest BCUT2D eigenvalue weighted by Crippen LogP contribution is 2.17. The zero-order valence-electron chi connectivity index (χ0n) is 27.2. The number of aliphatic hydroxyl groups excluding tert-OH is 1. The van der Waals surface area contributed by atoms with E-state index < -0.39 is 6.29 Å². The lowest BCUT2D eigenvalue weighted by Crippen LogP contribution is -2.02. The Morgan fingerprint density at radius 3 is 0.564 bits per heavy atom. The minimum Gasteiger partial charge on any atom is -0.368 e. The molecule has 0 spiro atoms. The van der Waals surface area contributed by atoms with Gasteiger partial charge in [0.2, 0.25) is 0 Å². The largest absolute Gasteiger partial charge is 0.368 e. The van der Waals surface area contributed by atoms with Crippen LogP contribution in [0.4, 0.5) is 0 Å². The molecule has 0 atom stereocenters. The molecular weight excluding hydrogens is 476 g/mol. The summed E-state index contributed by atoms with van der Waals surface area (Å²) in [6, 6.07) is 0. The predicted octanol–water partition coefficient (Wildman–Crippen LogP) is 13.0. The van der Waals surface area contributed by atoms with E-state index in [1.54, 1.807) is 0 Å². The maximum absolute atomic E-state index is 8.83. The van der Waals surface area contributed by atoms with Gasteiger partial charge in [0.05, 0.1) is 0 Å². The van der Waals surface area contributed by atoms with Crippen molar-refractivity contribution >= 4 is 0 Å². The predicted molar refractivity (Wildman–Crippen MR) is 175 cm³/mol. The molecule has 0 rings (SSSR count). The summed E-state index contributed by atoms with van der Waals surface area (Å²) in [6.45, 7) is 2.30. The number of rotatable bonds is 35. The Balaban J connectivity index is 3.02. The van der Waals surface area contributed by atoms with E-state index in [4.69, 9.17) is 10.2 Å². The summed E-state index contributed by atoms with van der Waals surface area (Å²) in [6.07, 6.45) is 47.9. The van der Waals surface area contributed by atoms with Crippen molar-refractivity contribution in [2.45, 2.75) is 238 Å². The first-order valence-corrected chi connectivity index (χ1v) is 18.6. The van der Waals surface area contributed by atoms with Gasteiger partial charge in [-0.1, -0.05) is 219 Å². The van der Waals surface area contributed by atoms with Gasteiger partial charge < -0.3 is 10.2 Å². The zero-order chi connectivity index (χ0) is 28.3. The Labute approximate surface area is 247 Å². The van der Waals surface area contributed by atoms with E-state index in [0.717, 1.165) is 12.8 Å². The molecule has 0 aliphatic carbocycles. The molecule has 0 aromatic heterocycles. The summed E-state index contributed by atoms with van der Waals surface area (Å²) >= 11 is 0. The number of aliphatic hydroxyl groups is 2. The molecule has 0 heterocycles. The Hall–Kier alpha value is -0.0800. The van der Waals surface area contributed by atoms with Crippen molar-refractivity contribution in [2.24, 2.45) is 0 Å². The molecule has 0 saturated carbocycles. The fourth-order valence-electron chi connectivity index (χ4n) is 6.06. The molecule has 0 aliphatic heterocycles. The average molecular weight is 553 g/mol. The van der Waals surface area contributed by atoms with E-state index in [9.17, 15) is 0 Å². The molecule has 236 valence electrons. The van der Waals surface area contributed by atoms with Gasteiger partial charge in [-0.15, -0.1) is 0 Å². The van der Waals surface area contributed by atoms with Gasteiger partial charge in [-0.2, -0.15) is 0 Å². The van der Waals surface area contributed by atoms with Crippen LogP contribution in [0.2, 0.25) is 0 Å². The lowest BCUT2D eigenvalue weighted by molar-refractivity contribution is -0.0466. The lowest BCUT2D eigenvalue weighted by Gasteiger charge is -2.05. The molecule has 2 nitrogen and oxygen atoms in total. The van der Waals surface area contributed by atoms with Crippen LogP contribution in [0.5, 0.6) is 0 Å². The normalized spacial score (nSPS) is 11.7. The summed E-state index contributed by atoms with van der Waals surface area (Å²) < 4.78 is 0. The summed E-state index contributed by atoms with van der Waals surface area (Å²) in [5.74, 6) is 0. The molecule has 0 amide bonds. The summed E-state index contributed by atoms with van der Waals surface area (Å²) in [4.78, 5) is 0. The van der Waals surface area contributed by atoms with E-state index >= 15 is 0 Å². The SMILES string of the molecule is CCCCCCCCCCCCCCCCCCCCCCCCCCCCCCCCCCCCC(O)O. The Kier molecular flexibility index (Phi) is 35.9. The minimum atomic E-state index is -1.10. The Morgan fingerprint density at radius 2 is 0.410 bits per heavy atom. The van der Waals surface area contributed by atoms with Crippen molar-refractivity contribution in [1.29, 1.82) is 0 Å². The van der Waals surface area contributed by atoms with Crippen molar-refractivity contribution in [3.63, 3.8) is 0 Å². The molecule has 0 fully saturated rings. The summed E-state index contributed by atoms with van der Waals surface area (Å²) in [7, 11) is 0. The summed E-state index contributed by atoms with van der Waals surface area (Å²) in [5.41, 5.74) is 0. The monoisotopic (exact) mass is 553 g/mol. The van der Waals surface area contributed by atoms with Crippen molar-refractivity contribution in [3.05, 3.63) is 0 Å². The standard InChI is InChI=1S/C37H76O2/c1-2-3-4-5-6-7-8-9-10-11-12-13-14-15-16-17-18-19-20-21-22-23-24-25-26-27-28-29-30-31-32-33-34-35-36-37(38)39/h37-39H,2-36H2,1H3. The third kappa shape index (κ3) is 37.9. The average Bonchev–Trinajstić information content (AvgIpc) is 2.93. The van der Waals surface area contributed by atoms with Crippen LogP contribution in [-0.4, -0.2) is 16.5 Å².